The van der Waals surface area contributed by atoms with Gasteiger partial charge in [-0.05, 0) is 36.4 Å². The van der Waals surface area contributed by atoms with Gasteiger partial charge in [0.2, 0.25) is 0 Å². The van der Waals surface area contributed by atoms with E-state index in [2.05, 4.69) is 15.3 Å². The quantitative estimate of drug-likeness (QED) is 0.508. The first-order valence-electron chi connectivity index (χ1n) is 8.34. The topological polar surface area (TPSA) is 47.0 Å². The van der Waals surface area contributed by atoms with Crippen LogP contribution in [-0.4, -0.2) is 9.97 Å². The molecule has 0 spiro atoms. The first kappa shape index (κ1) is 15.8. The summed E-state index contributed by atoms with van der Waals surface area (Å²) in [5.41, 5.74) is 2.87. The van der Waals surface area contributed by atoms with Crippen molar-refractivity contribution >= 4 is 11.5 Å². The van der Waals surface area contributed by atoms with Crippen molar-refractivity contribution in [2.45, 2.75) is 0 Å². The summed E-state index contributed by atoms with van der Waals surface area (Å²) >= 11 is 0. The summed E-state index contributed by atoms with van der Waals surface area (Å²) in [4.78, 5) is 8.64. The molecule has 3 aromatic carbocycles. The molecule has 4 aromatic rings. The van der Waals surface area contributed by atoms with Gasteiger partial charge in [-0.1, -0.05) is 48.5 Å². The predicted octanol–water partition coefficient (Wildman–Crippen LogP) is 5.68. The highest BCUT2D eigenvalue weighted by molar-refractivity contribution is 5.65. The third-order valence-corrected chi connectivity index (χ3v) is 3.84. The summed E-state index contributed by atoms with van der Waals surface area (Å²) in [7, 11) is 0. The van der Waals surface area contributed by atoms with Crippen LogP contribution in [0.1, 0.15) is 0 Å². The van der Waals surface area contributed by atoms with Crippen molar-refractivity contribution in [1.29, 1.82) is 0 Å². The number of hydrogen-bond donors (Lipinski definition) is 1. The fraction of sp³-hybridized carbons (Fsp3) is 0. The van der Waals surface area contributed by atoms with Gasteiger partial charge in [0, 0.05) is 17.3 Å². The van der Waals surface area contributed by atoms with Crippen LogP contribution in [0.15, 0.2) is 97.3 Å². The molecule has 126 valence electrons. The molecule has 0 radical (unpaired) electrons. The van der Waals surface area contributed by atoms with E-state index in [1.165, 1.54) is 0 Å². The number of hydrogen-bond acceptors (Lipinski definition) is 4. The van der Waals surface area contributed by atoms with Crippen LogP contribution in [0, 0.1) is 0 Å². The lowest BCUT2D eigenvalue weighted by molar-refractivity contribution is 0.483. The Morgan fingerprint density at radius 1 is 0.654 bits per heavy atom. The number of nitrogens with zero attached hydrogens (tertiary/aromatic N) is 2. The van der Waals surface area contributed by atoms with Gasteiger partial charge in [0.25, 0.3) is 0 Å². The van der Waals surface area contributed by atoms with Gasteiger partial charge >= 0.3 is 0 Å². The molecule has 0 saturated heterocycles. The molecule has 1 aromatic heterocycles. The van der Waals surface area contributed by atoms with Crippen molar-refractivity contribution in [2.24, 2.45) is 0 Å². The van der Waals surface area contributed by atoms with Crippen LogP contribution in [0.25, 0.3) is 11.3 Å². The van der Waals surface area contributed by atoms with Crippen LogP contribution >= 0.6 is 0 Å². The SMILES string of the molecule is c1ccc(Oc2ccc(Nc3cc(-c4ccccc4)ncn3)cc2)cc1. The van der Waals surface area contributed by atoms with Gasteiger partial charge in [-0.3, -0.25) is 0 Å². The fourth-order valence-corrected chi connectivity index (χ4v) is 2.57. The van der Waals surface area contributed by atoms with Gasteiger partial charge in [0.15, 0.2) is 0 Å². The molecular weight excluding hydrogens is 322 g/mol. The Morgan fingerprint density at radius 3 is 2.04 bits per heavy atom. The Labute approximate surface area is 152 Å². The standard InChI is InChI=1S/C22H17N3O/c1-3-7-17(8-4-1)21-15-22(24-16-23-21)25-18-11-13-20(14-12-18)26-19-9-5-2-6-10-19/h1-16H,(H,23,24,25). The Kier molecular flexibility index (Phi) is 4.56. The van der Waals surface area contributed by atoms with Crippen molar-refractivity contribution < 1.29 is 4.74 Å². The van der Waals surface area contributed by atoms with Crippen molar-refractivity contribution in [3.63, 3.8) is 0 Å². The molecule has 0 bridgehead atoms. The maximum absolute atomic E-state index is 5.81. The lowest BCUT2D eigenvalue weighted by Gasteiger charge is -2.09. The van der Waals surface area contributed by atoms with E-state index in [9.17, 15) is 0 Å². The number of anilines is 2. The number of benzene rings is 3. The van der Waals surface area contributed by atoms with Gasteiger partial charge < -0.3 is 10.1 Å². The van der Waals surface area contributed by atoms with Crippen LogP contribution in [0.4, 0.5) is 11.5 Å². The fourth-order valence-electron chi connectivity index (χ4n) is 2.57. The predicted molar refractivity (Wildman–Crippen MR) is 104 cm³/mol. The molecule has 1 N–H and O–H groups in total. The van der Waals surface area contributed by atoms with Gasteiger partial charge in [0.1, 0.15) is 23.6 Å². The van der Waals surface area contributed by atoms with Crippen LogP contribution < -0.4 is 10.1 Å². The van der Waals surface area contributed by atoms with Crippen molar-refractivity contribution in [3.05, 3.63) is 97.3 Å². The molecule has 0 saturated carbocycles. The summed E-state index contributed by atoms with van der Waals surface area (Å²) < 4.78 is 5.81. The number of nitrogens with one attached hydrogen (secondary N) is 1. The molecule has 0 fully saturated rings. The lowest BCUT2D eigenvalue weighted by atomic mass is 10.1. The highest BCUT2D eigenvalue weighted by Gasteiger charge is 2.03. The minimum absolute atomic E-state index is 0.746. The Hall–Kier alpha value is -3.66. The average Bonchev–Trinajstić information content (AvgIpc) is 2.71. The minimum Gasteiger partial charge on any atom is -0.457 e. The molecule has 4 rings (SSSR count). The molecule has 0 unspecified atom stereocenters. The van der Waals surface area contributed by atoms with Crippen LogP contribution in [0.3, 0.4) is 0 Å². The Bertz CT molecular complexity index is 971. The number of aromatic nitrogens is 2. The van der Waals surface area contributed by atoms with Gasteiger partial charge in [0.05, 0.1) is 5.69 Å². The molecule has 0 amide bonds. The summed E-state index contributed by atoms with van der Waals surface area (Å²) in [6.45, 7) is 0. The molecular formula is C22H17N3O. The largest absolute Gasteiger partial charge is 0.457 e. The van der Waals surface area contributed by atoms with E-state index in [0.717, 1.165) is 34.3 Å². The van der Waals surface area contributed by atoms with E-state index in [0.29, 0.717) is 0 Å². The van der Waals surface area contributed by atoms with Crippen LogP contribution in [0.5, 0.6) is 11.5 Å². The van der Waals surface area contributed by atoms with E-state index in [-0.39, 0.29) is 0 Å². The van der Waals surface area contributed by atoms with E-state index in [4.69, 9.17) is 4.74 Å². The summed E-state index contributed by atoms with van der Waals surface area (Å²) in [5, 5.41) is 3.30. The highest BCUT2D eigenvalue weighted by atomic mass is 16.5. The van der Waals surface area contributed by atoms with Gasteiger partial charge in [-0.15, -0.1) is 0 Å². The summed E-state index contributed by atoms with van der Waals surface area (Å²) in [6.07, 6.45) is 1.57. The molecule has 0 aliphatic carbocycles. The maximum Gasteiger partial charge on any atom is 0.134 e. The van der Waals surface area contributed by atoms with Crippen LogP contribution in [-0.2, 0) is 0 Å². The Balaban J connectivity index is 1.48. The van der Waals surface area contributed by atoms with E-state index in [1.807, 2.05) is 91.0 Å². The third kappa shape index (κ3) is 3.87. The molecule has 0 atom stereocenters. The first-order chi connectivity index (χ1) is 12.9. The Morgan fingerprint density at radius 2 is 1.31 bits per heavy atom. The zero-order chi connectivity index (χ0) is 17.6. The molecule has 26 heavy (non-hydrogen) atoms. The minimum atomic E-state index is 0.746. The zero-order valence-electron chi connectivity index (χ0n) is 14.0. The van der Waals surface area contributed by atoms with Gasteiger partial charge in [-0.2, -0.15) is 0 Å². The molecule has 1 heterocycles. The second-order valence-corrected chi connectivity index (χ2v) is 5.72. The van der Waals surface area contributed by atoms with E-state index < -0.39 is 0 Å². The second-order valence-electron chi connectivity index (χ2n) is 5.72. The third-order valence-electron chi connectivity index (χ3n) is 3.84. The van der Waals surface area contributed by atoms with Crippen molar-refractivity contribution in [1.82, 2.24) is 9.97 Å². The average molecular weight is 339 g/mol. The molecule has 0 aliphatic rings. The maximum atomic E-state index is 5.81. The molecule has 4 nitrogen and oxygen atoms in total. The smallest absolute Gasteiger partial charge is 0.134 e. The number of rotatable bonds is 5. The zero-order valence-corrected chi connectivity index (χ0v) is 14.0. The summed E-state index contributed by atoms with van der Waals surface area (Å²) in [5.74, 6) is 2.35. The summed E-state index contributed by atoms with van der Waals surface area (Å²) in [6, 6.07) is 29.5. The lowest BCUT2D eigenvalue weighted by Crippen LogP contribution is -1.95. The first-order valence-corrected chi connectivity index (χ1v) is 8.34. The van der Waals surface area contributed by atoms with Gasteiger partial charge in [-0.25, -0.2) is 9.97 Å². The molecule has 4 heteroatoms. The van der Waals surface area contributed by atoms with Crippen molar-refractivity contribution in [2.75, 3.05) is 5.32 Å². The number of para-hydroxylation sites is 1. The van der Waals surface area contributed by atoms with Crippen LogP contribution in [0.2, 0.25) is 0 Å². The van der Waals surface area contributed by atoms with Crippen molar-refractivity contribution in [3.8, 4) is 22.8 Å². The highest BCUT2D eigenvalue weighted by Crippen LogP contribution is 2.25. The van der Waals surface area contributed by atoms with E-state index in [1.54, 1.807) is 6.33 Å². The van der Waals surface area contributed by atoms with E-state index >= 15 is 0 Å². The molecule has 0 aliphatic heterocycles. The second kappa shape index (κ2) is 7.49. The monoisotopic (exact) mass is 339 g/mol. The number of ether oxygens (including phenoxy) is 1. The normalized spacial score (nSPS) is 10.3.